The largest absolute Gasteiger partial charge is 0.872 e. The molecule has 2 heterocycles. The molecule has 0 spiro atoms. The number of para-hydroxylation sites is 1. The predicted octanol–water partition coefficient (Wildman–Crippen LogP) is 1.45. The lowest BCUT2D eigenvalue weighted by atomic mass is 10.2. The van der Waals surface area contributed by atoms with Gasteiger partial charge in [0.25, 0.3) is 11.2 Å². The van der Waals surface area contributed by atoms with E-state index in [2.05, 4.69) is 15.2 Å². The summed E-state index contributed by atoms with van der Waals surface area (Å²) in [6.07, 6.45) is 3.67. The number of nitrogens with zero attached hydrogens (tertiary/aromatic N) is 6. The van der Waals surface area contributed by atoms with Gasteiger partial charge in [-0.05, 0) is 17.7 Å². The van der Waals surface area contributed by atoms with Gasteiger partial charge in [0, 0.05) is 12.1 Å². The van der Waals surface area contributed by atoms with E-state index in [-0.39, 0.29) is 16.6 Å². The smallest absolute Gasteiger partial charge is 0.285 e. The summed E-state index contributed by atoms with van der Waals surface area (Å²) in [7, 11) is 0. The minimum Gasteiger partial charge on any atom is -0.872 e. The first-order chi connectivity index (χ1) is 13.5. The fourth-order valence-electron chi connectivity index (χ4n) is 2.62. The molecule has 2 aromatic heterocycles. The number of nitro benzene ring substituents is 1. The Hall–Kier alpha value is -4.34. The maximum Gasteiger partial charge on any atom is 0.285 e. The van der Waals surface area contributed by atoms with E-state index in [1.54, 1.807) is 0 Å². The molecule has 0 saturated carbocycles. The van der Waals surface area contributed by atoms with Gasteiger partial charge in [-0.1, -0.05) is 30.0 Å². The lowest BCUT2D eigenvalue weighted by molar-refractivity contribution is -0.385. The zero-order valence-corrected chi connectivity index (χ0v) is 14.2. The third-order valence-corrected chi connectivity index (χ3v) is 4.00. The summed E-state index contributed by atoms with van der Waals surface area (Å²) in [5.41, 5.74) is 0.370. The van der Waals surface area contributed by atoms with Gasteiger partial charge in [-0.3, -0.25) is 14.9 Å². The quantitative estimate of drug-likeness (QED) is 0.301. The molecular formula is C18H11N6O4-. The van der Waals surface area contributed by atoms with E-state index in [9.17, 15) is 20.0 Å². The highest BCUT2D eigenvalue weighted by Crippen LogP contribution is 2.19. The molecule has 0 aliphatic heterocycles. The molecule has 10 heteroatoms. The van der Waals surface area contributed by atoms with Gasteiger partial charge in [-0.25, -0.2) is 9.67 Å². The van der Waals surface area contributed by atoms with E-state index in [1.165, 1.54) is 17.2 Å². The fraction of sp³-hybridized carbons (Fsp3) is 0. The van der Waals surface area contributed by atoms with Gasteiger partial charge in [0.05, 0.1) is 23.0 Å². The van der Waals surface area contributed by atoms with Crippen LogP contribution in [0.3, 0.4) is 0 Å². The molecule has 2 aromatic carbocycles. The molecule has 0 saturated heterocycles. The van der Waals surface area contributed by atoms with Gasteiger partial charge in [-0.15, -0.1) is 0 Å². The van der Waals surface area contributed by atoms with Crippen molar-refractivity contribution in [3.63, 3.8) is 0 Å². The molecule has 28 heavy (non-hydrogen) atoms. The molecule has 0 aliphatic carbocycles. The third kappa shape index (κ3) is 2.98. The number of aromatic nitrogens is 4. The Kier molecular flexibility index (Phi) is 4.13. The van der Waals surface area contributed by atoms with Crippen molar-refractivity contribution >= 4 is 22.9 Å². The minimum absolute atomic E-state index is 0.0128. The van der Waals surface area contributed by atoms with E-state index >= 15 is 0 Å². The second-order valence-corrected chi connectivity index (χ2v) is 5.75. The van der Waals surface area contributed by atoms with Gasteiger partial charge < -0.3 is 5.11 Å². The first-order valence-electron chi connectivity index (χ1n) is 8.05. The second kappa shape index (κ2) is 6.76. The summed E-state index contributed by atoms with van der Waals surface area (Å²) in [5.74, 6) is -0.451. The molecule has 0 amide bonds. The van der Waals surface area contributed by atoms with E-state index < -0.39 is 16.2 Å². The first kappa shape index (κ1) is 17.1. The normalized spacial score (nSPS) is 11.3. The first-order valence-corrected chi connectivity index (χ1v) is 8.05. The van der Waals surface area contributed by atoms with Crippen LogP contribution in [0.4, 0.5) is 5.69 Å². The van der Waals surface area contributed by atoms with E-state index in [0.717, 1.165) is 34.8 Å². The maximum absolute atomic E-state index is 12.6. The van der Waals surface area contributed by atoms with Crippen LogP contribution in [0.1, 0.15) is 5.56 Å². The predicted molar refractivity (Wildman–Crippen MR) is 98.7 cm³/mol. The lowest BCUT2D eigenvalue weighted by Gasteiger charge is -2.08. The Morgan fingerprint density at radius 2 is 1.93 bits per heavy atom. The molecule has 0 aliphatic rings. The molecule has 4 rings (SSSR count). The van der Waals surface area contributed by atoms with Crippen molar-refractivity contribution in [2.24, 2.45) is 5.10 Å². The van der Waals surface area contributed by atoms with Crippen molar-refractivity contribution in [2.45, 2.75) is 0 Å². The molecule has 138 valence electrons. The number of hydrogen-bond acceptors (Lipinski definition) is 7. The van der Waals surface area contributed by atoms with Crippen LogP contribution in [0.2, 0.25) is 0 Å². The minimum atomic E-state index is -0.617. The highest BCUT2D eigenvalue weighted by molar-refractivity contribution is 5.84. The Labute approximate surface area is 156 Å². The number of rotatable bonds is 4. The number of hydrogen-bond donors (Lipinski definition) is 0. The van der Waals surface area contributed by atoms with Crippen molar-refractivity contribution in [2.75, 3.05) is 0 Å². The summed E-state index contributed by atoms with van der Waals surface area (Å²) >= 11 is 0. The summed E-state index contributed by atoms with van der Waals surface area (Å²) < 4.78 is 2.47. The molecule has 0 atom stereocenters. The van der Waals surface area contributed by atoms with Crippen LogP contribution >= 0.6 is 0 Å². The van der Waals surface area contributed by atoms with Crippen LogP contribution in [0.15, 0.2) is 71.0 Å². The van der Waals surface area contributed by atoms with Crippen molar-refractivity contribution in [1.82, 2.24) is 19.4 Å². The average Bonchev–Trinajstić information content (AvgIpc) is 3.14. The standard InChI is InChI=1S/C18H12N6O4/c25-16-7-6-14(24(27)28)8-12(16)9-20-22-11-19-17-15(18(22)26)10-21-23(17)13-4-2-1-3-5-13/h1-11,25H/p-1/b20-9-. The highest BCUT2D eigenvalue weighted by Gasteiger charge is 2.11. The second-order valence-electron chi connectivity index (χ2n) is 5.75. The molecular weight excluding hydrogens is 364 g/mol. The van der Waals surface area contributed by atoms with Gasteiger partial charge in [0.15, 0.2) is 5.65 Å². The van der Waals surface area contributed by atoms with E-state index in [4.69, 9.17) is 0 Å². The van der Waals surface area contributed by atoms with Crippen LogP contribution in [0.25, 0.3) is 16.7 Å². The van der Waals surface area contributed by atoms with Gasteiger partial charge >= 0.3 is 0 Å². The Bertz CT molecular complexity index is 1280. The third-order valence-electron chi connectivity index (χ3n) is 4.00. The summed E-state index contributed by atoms with van der Waals surface area (Å²) in [5, 5.41) is 31.0. The highest BCUT2D eigenvalue weighted by atomic mass is 16.6. The molecule has 0 bridgehead atoms. The molecule has 0 radical (unpaired) electrons. The molecule has 0 unspecified atom stereocenters. The van der Waals surface area contributed by atoms with Crippen molar-refractivity contribution in [3.05, 3.63) is 87.1 Å². The van der Waals surface area contributed by atoms with Crippen LogP contribution < -0.4 is 10.7 Å². The lowest BCUT2D eigenvalue weighted by Crippen LogP contribution is -2.17. The topological polar surface area (TPSA) is 131 Å². The maximum atomic E-state index is 12.6. The number of non-ortho nitro benzene ring substituents is 1. The van der Waals surface area contributed by atoms with E-state index in [0.29, 0.717) is 5.65 Å². The van der Waals surface area contributed by atoms with Crippen molar-refractivity contribution in [1.29, 1.82) is 0 Å². The van der Waals surface area contributed by atoms with Gasteiger partial charge in [0.2, 0.25) is 0 Å². The van der Waals surface area contributed by atoms with E-state index in [1.807, 2.05) is 30.3 Å². The molecule has 10 nitrogen and oxygen atoms in total. The molecule has 0 fully saturated rings. The number of nitro groups is 1. The van der Waals surface area contributed by atoms with Crippen LogP contribution in [-0.4, -0.2) is 30.6 Å². The molecule has 4 aromatic rings. The Morgan fingerprint density at radius 1 is 1.14 bits per heavy atom. The number of fused-ring (bicyclic) bond motifs is 1. The van der Waals surface area contributed by atoms with Crippen molar-refractivity contribution in [3.8, 4) is 11.4 Å². The SMILES string of the molecule is O=c1c2cnn(-c3ccccc3)c2ncn1/N=C\c1cc([N+](=O)[O-])ccc1[O-]. The van der Waals surface area contributed by atoms with Crippen LogP contribution in [0.5, 0.6) is 5.75 Å². The van der Waals surface area contributed by atoms with Crippen LogP contribution in [-0.2, 0) is 0 Å². The zero-order chi connectivity index (χ0) is 19.7. The fourth-order valence-corrected chi connectivity index (χ4v) is 2.62. The Morgan fingerprint density at radius 3 is 2.68 bits per heavy atom. The summed E-state index contributed by atoms with van der Waals surface area (Å²) in [6, 6.07) is 12.5. The zero-order valence-electron chi connectivity index (χ0n) is 14.2. The monoisotopic (exact) mass is 375 g/mol. The number of benzene rings is 2. The molecule has 0 N–H and O–H groups in total. The van der Waals surface area contributed by atoms with Gasteiger partial charge in [0.1, 0.15) is 11.7 Å². The van der Waals surface area contributed by atoms with Crippen molar-refractivity contribution < 1.29 is 10.0 Å². The van der Waals surface area contributed by atoms with Gasteiger partial charge in [-0.2, -0.15) is 14.9 Å². The summed E-state index contributed by atoms with van der Waals surface area (Å²) in [4.78, 5) is 27.1. The summed E-state index contributed by atoms with van der Waals surface area (Å²) in [6.45, 7) is 0. The Balaban J connectivity index is 1.74. The van der Waals surface area contributed by atoms with Crippen LogP contribution in [0, 0.1) is 10.1 Å². The average molecular weight is 375 g/mol.